The van der Waals surface area contributed by atoms with Crippen LogP contribution >= 0.6 is 0 Å². The summed E-state index contributed by atoms with van der Waals surface area (Å²) in [7, 11) is 0. The van der Waals surface area contributed by atoms with Crippen molar-refractivity contribution in [1.82, 2.24) is 20.2 Å². The number of carboxylic acid groups (broad SMARTS) is 1. The van der Waals surface area contributed by atoms with Gasteiger partial charge in [0.25, 0.3) is 5.56 Å². The molecule has 12 nitrogen and oxygen atoms in total. The molecule has 2 fully saturated rings. The average Bonchev–Trinajstić information content (AvgIpc) is 3.18. The van der Waals surface area contributed by atoms with Gasteiger partial charge in [-0.25, -0.2) is 14.9 Å². The van der Waals surface area contributed by atoms with E-state index in [0.717, 1.165) is 31.6 Å². The lowest BCUT2D eigenvalue weighted by atomic mass is 10.2. The SMILES string of the molecule is O=C(O)C1COC(COc2ccc(Nc3nc(N4CCCCCC4)nc4cn[nH]c(=O)c34)cc2)CO1. The molecule has 2 unspecified atom stereocenters. The van der Waals surface area contributed by atoms with E-state index in [1.165, 1.54) is 19.0 Å². The number of ether oxygens (including phenoxy) is 3. The van der Waals surface area contributed by atoms with Crippen molar-refractivity contribution in [3.8, 4) is 5.75 Å². The van der Waals surface area contributed by atoms with E-state index >= 15 is 0 Å². The predicted octanol–water partition coefficient (Wildman–Crippen LogP) is 2.08. The van der Waals surface area contributed by atoms with Crippen LogP contribution in [-0.2, 0) is 14.3 Å². The minimum atomic E-state index is -1.04. The molecule has 12 heteroatoms. The molecule has 0 amide bonds. The second-order valence-electron chi connectivity index (χ2n) is 8.81. The van der Waals surface area contributed by atoms with Crippen molar-refractivity contribution in [2.75, 3.05) is 43.1 Å². The topological polar surface area (TPSA) is 152 Å². The first-order chi connectivity index (χ1) is 17.6. The molecule has 0 radical (unpaired) electrons. The molecule has 2 aliphatic rings. The number of aromatic amines is 1. The Morgan fingerprint density at radius 1 is 1.11 bits per heavy atom. The zero-order chi connectivity index (χ0) is 24.9. The Bertz CT molecular complexity index is 1250. The third-order valence-corrected chi connectivity index (χ3v) is 6.19. The van der Waals surface area contributed by atoms with E-state index in [9.17, 15) is 9.59 Å². The minimum absolute atomic E-state index is 0.00677. The van der Waals surface area contributed by atoms with Crippen LogP contribution in [0.25, 0.3) is 10.9 Å². The van der Waals surface area contributed by atoms with Gasteiger partial charge in [-0.15, -0.1) is 0 Å². The van der Waals surface area contributed by atoms with E-state index in [2.05, 4.69) is 25.4 Å². The Labute approximate surface area is 206 Å². The highest BCUT2D eigenvalue weighted by molar-refractivity contribution is 5.90. The molecule has 2 atom stereocenters. The third kappa shape index (κ3) is 5.55. The maximum atomic E-state index is 12.6. The molecular formula is C24H28N6O6. The summed E-state index contributed by atoms with van der Waals surface area (Å²) in [6, 6.07) is 7.22. The van der Waals surface area contributed by atoms with Gasteiger partial charge in [0.1, 0.15) is 35.2 Å². The first kappa shape index (κ1) is 23.9. The molecular weight excluding hydrogens is 468 g/mol. The summed E-state index contributed by atoms with van der Waals surface area (Å²) in [6.07, 6.45) is 4.80. The van der Waals surface area contributed by atoms with Crippen LogP contribution in [0, 0.1) is 0 Å². The second kappa shape index (κ2) is 10.9. The van der Waals surface area contributed by atoms with E-state index in [4.69, 9.17) is 24.3 Å². The van der Waals surface area contributed by atoms with Crippen LogP contribution in [-0.4, -0.2) is 76.4 Å². The minimum Gasteiger partial charge on any atom is -0.491 e. The van der Waals surface area contributed by atoms with Crippen LogP contribution in [0.5, 0.6) is 5.75 Å². The molecule has 3 aromatic rings. The number of fused-ring (bicyclic) bond motifs is 1. The maximum Gasteiger partial charge on any atom is 0.335 e. The normalized spacial score (nSPS) is 20.6. The van der Waals surface area contributed by atoms with Crippen LogP contribution in [0.15, 0.2) is 35.3 Å². The number of benzene rings is 1. The molecule has 0 bridgehead atoms. The molecule has 2 saturated heterocycles. The fraction of sp³-hybridized carbons (Fsp3) is 0.458. The Balaban J connectivity index is 1.29. The lowest BCUT2D eigenvalue weighted by Gasteiger charge is -2.27. The number of aromatic nitrogens is 4. The monoisotopic (exact) mass is 496 g/mol. The molecule has 2 aliphatic heterocycles. The van der Waals surface area contributed by atoms with Crippen LogP contribution < -0.4 is 20.5 Å². The molecule has 2 aromatic heterocycles. The molecule has 0 spiro atoms. The zero-order valence-electron chi connectivity index (χ0n) is 19.7. The average molecular weight is 497 g/mol. The lowest BCUT2D eigenvalue weighted by molar-refractivity contribution is -0.178. The van der Waals surface area contributed by atoms with Crippen molar-refractivity contribution >= 4 is 34.3 Å². The van der Waals surface area contributed by atoms with E-state index in [1.54, 1.807) is 12.1 Å². The quantitative estimate of drug-likeness (QED) is 0.441. The van der Waals surface area contributed by atoms with Gasteiger partial charge >= 0.3 is 5.97 Å². The lowest BCUT2D eigenvalue weighted by Crippen LogP contribution is -2.42. The number of hydrogen-bond acceptors (Lipinski definition) is 10. The van der Waals surface area contributed by atoms with E-state index in [0.29, 0.717) is 28.4 Å². The zero-order valence-corrected chi connectivity index (χ0v) is 19.7. The molecule has 0 aliphatic carbocycles. The van der Waals surface area contributed by atoms with Gasteiger partial charge in [0.2, 0.25) is 5.95 Å². The summed E-state index contributed by atoms with van der Waals surface area (Å²) >= 11 is 0. The number of aliphatic carboxylic acids is 1. The summed E-state index contributed by atoms with van der Waals surface area (Å²) in [5.41, 5.74) is 0.842. The number of nitrogens with one attached hydrogen (secondary N) is 2. The Kier molecular flexibility index (Phi) is 7.23. The second-order valence-corrected chi connectivity index (χ2v) is 8.81. The van der Waals surface area contributed by atoms with Gasteiger partial charge in [0.15, 0.2) is 6.10 Å². The van der Waals surface area contributed by atoms with Gasteiger partial charge in [-0.1, -0.05) is 12.8 Å². The maximum absolute atomic E-state index is 12.6. The Morgan fingerprint density at radius 3 is 2.58 bits per heavy atom. The molecule has 5 rings (SSSR count). The van der Waals surface area contributed by atoms with Crippen LogP contribution in [0.1, 0.15) is 25.7 Å². The van der Waals surface area contributed by atoms with Crippen LogP contribution in [0.4, 0.5) is 17.5 Å². The molecule has 0 saturated carbocycles. The van der Waals surface area contributed by atoms with Gasteiger partial charge in [-0.05, 0) is 37.1 Å². The summed E-state index contributed by atoms with van der Waals surface area (Å²) in [5, 5.41) is 18.9. The van der Waals surface area contributed by atoms with E-state index in [1.807, 2.05) is 12.1 Å². The molecule has 190 valence electrons. The van der Waals surface area contributed by atoms with Crippen molar-refractivity contribution in [2.24, 2.45) is 0 Å². The largest absolute Gasteiger partial charge is 0.491 e. The highest BCUT2D eigenvalue weighted by Gasteiger charge is 2.27. The smallest absolute Gasteiger partial charge is 0.335 e. The Morgan fingerprint density at radius 2 is 1.89 bits per heavy atom. The fourth-order valence-electron chi connectivity index (χ4n) is 4.24. The van der Waals surface area contributed by atoms with Gasteiger partial charge in [-0.3, -0.25) is 4.79 Å². The summed E-state index contributed by atoms with van der Waals surface area (Å²) in [6.45, 7) is 2.13. The highest BCUT2D eigenvalue weighted by Crippen LogP contribution is 2.26. The summed E-state index contributed by atoms with van der Waals surface area (Å²) in [4.78, 5) is 35.0. The van der Waals surface area contributed by atoms with Crippen molar-refractivity contribution in [1.29, 1.82) is 0 Å². The fourth-order valence-corrected chi connectivity index (χ4v) is 4.24. The predicted molar refractivity (Wildman–Crippen MR) is 131 cm³/mol. The number of hydrogen-bond donors (Lipinski definition) is 3. The molecule has 3 N–H and O–H groups in total. The number of H-pyrrole nitrogens is 1. The number of anilines is 3. The third-order valence-electron chi connectivity index (χ3n) is 6.19. The van der Waals surface area contributed by atoms with Crippen molar-refractivity contribution in [2.45, 2.75) is 37.9 Å². The molecule has 4 heterocycles. The summed E-state index contributed by atoms with van der Waals surface area (Å²) in [5.74, 6) is 0.575. The van der Waals surface area contributed by atoms with Gasteiger partial charge < -0.3 is 29.5 Å². The standard InChI is InChI=1S/C24H28N6O6/c31-22-20-18(11-25-29-22)27-24(30-9-3-1-2-4-10-30)28-21(20)26-15-5-7-16(8-6-15)34-12-17-13-36-19(14-35-17)23(32)33/h5-8,11,17,19H,1-4,9-10,12-14H2,(H,29,31)(H,32,33)(H,26,27,28). The van der Waals surface area contributed by atoms with Crippen LogP contribution in [0.2, 0.25) is 0 Å². The molecule has 1 aromatic carbocycles. The number of nitrogens with zero attached hydrogens (tertiary/aromatic N) is 4. The highest BCUT2D eigenvalue weighted by atomic mass is 16.6. The van der Waals surface area contributed by atoms with E-state index in [-0.39, 0.29) is 31.5 Å². The van der Waals surface area contributed by atoms with Gasteiger partial charge in [0, 0.05) is 18.8 Å². The first-order valence-electron chi connectivity index (χ1n) is 12.0. The van der Waals surface area contributed by atoms with Gasteiger partial charge in [-0.2, -0.15) is 10.1 Å². The van der Waals surface area contributed by atoms with Crippen molar-refractivity contribution in [3.05, 3.63) is 40.8 Å². The number of carboxylic acids is 1. The van der Waals surface area contributed by atoms with Crippen molar-refractivity contribution in [3.63, 3.8) is 0 Å². The summed E-state index contributed by atoms with van der Waals surface area (Å²) < 4.78 is 16.5. The number of rotatable bonds is 7. The van der Waals surface area contributed by atoms with Crippen LogP contribution in [0.3, 0.4) is 0 Å². The first-order valence-corrected chi connectivity index (χ1v) is 12.0. The van der Waals surface area contributed by atoms with E-state index < -0.39 is 12.1 Å². The van der Waals surface area contributed by atoms with Crippen molar-refractivity contribution < 1.29 is 24.1 Å². The van der Waals surface area contributed by atoms with Gasteiger partial charge in [0.05, 0.1) is 19.4 Å². The number of carbonyl (C=O) groups is 1. The Hall–Kier alpha value is -3.77. The molecule has 36 heavy (non-hydrogen) atoms.